The van der Waals surface area contributed by atoms with E-state index < -0.39 is 6.03 Å². The predicted octanol–water partition coefficient (Wildman–Crippen LogP) is 5.82. The van der Waals surface area contributed by atoms with Crippen LogP contribution in [-0.2, 0) is 0 Å². The molecule has 0 radical (unpaired) electrons. The number of carbonyl (C=O) groups excluding carboxylic acids is 1. The summed E-state index contributed by atoms with van der Waals surface area (Å²) in [5.74, 6) is 0.494. The third-order valence-electron chi connectivity index (χ3n) is 4.34. The van der Waals surface area contributed by atoms with Crippen molar-refractivity contribution in [3.63, 3.8) is 0 Å². The third kappa shape index (κ3) is 4.16. The Kier molecular flexibility index (Phi) is 5.72. The quantitative estimate of drug-likeness (QED) is 0.335. The van der Waals surface area contributed by atoms with E-state index in [0.717, 1.165) is 26.6 Å². The number of fused-ring (bicyclic) bond motifs is 1. The number of aromatic amines is 1. The van der Waals surface area contributed by atoms with Gasteiger partial charge in [0.2, 0.25) is 0 Å². The molecule has 0 spiro atoms. The number of rotatable bonds is 4. The average Bonchev–Trinajstić information content (AvgIpc) is 3.16. The highest BCUT2D eigenvalue weighted by atomic mass is 35.5. The Morgan fingerprint density at radius 2 is 1.90 bits per heavy atom. The number of urea groups is 1. The predicted molar refractivity (Wildman–Crippen MR) is 123 cm³/mol. The molecule has 2 amide bonds. The molecule has 7 nitrogen and oxygen atoms in total. The fourth-order valence-corrected chi connectivity index (χ4v) is 3.63. The fourth-order valence-electron chi connectivity index (χ4n) is 2.95. The molecule has 4 aromatic rings. The van der Waals surface area contributed by atoms with Crippen molar-refractivity contribution in [2.45, 2.75) is 0 Å². The molecule has 0 unspecified atom stereocenters. The minimum Gasteiger partial charge on any atom is -0.495 e. The number of nitrogens with one attached hydrogen (secondary N) is 2. The van der Waals surface area contributed by atoms with E-state index in [1.807, 2.05) is 18.2 Å². The zero-order valence-corrected chi connectivity index (χ0v) is 18.0. The van der Waals surface area contributed by atoms with Gasteiger partial charge in [-0.25, -0.2) is 9.10 Å². The first-order valence-corrected chi connectivity index (χ1v) is 9.85. The SMILES string of the molecule is COc1ccc(-c2cc3nnccc3[nH]2)cc1NC(=O)N(S)c1cc(Cl)cc(Cl)c1. The second-order valence-corrected chi connectivity index (χ2v) is 7.57. The molecule has 0 fully saturated rings. The number of nitrogens with zero attached hydrogens (tertiary/aromatic N) is 3. The first-order chi connectivity index (χ1) is 14.4. The second-order valence-electron chi connectivity index (χ2n) is 6.30. The van der Waals surface area contributed by atoms with E-state index in [1.54, 1.807) is 36.5 Å². The Bertz CT molecular complexity index is 1190. The van der Waals surface area contributed by atoms with Gasteiger partial charge in [-0.3, -0.25) is 0 Å². The summed E-state index contributed by atoms with van der Waals surface area (Å²) < 4.78 is 6.50. The zero-order valence-electron chi connectivity index (χ0n) is 15.6. The summed E-state index contributed by atoms with van der Waals surface area (Å²) in [4.78, 5) is 16.0. The molecule has 30 heavy (non-hydrogen) atoms. The first-order valence-electron chi connectivity index (χ1n) is 8.69. The van der Waals surface area contributed by atoms with Gasteiger partial charge < -0.3 is 15.0 Å². The standard InChI is InChI=1S/C20H15Cl2N5O2S/c1-29-19-3-2-11(16-10-17-15(24-16)4-5-23-26-17)6-18(19)25-20(28)27(30)14-8-12(21)7-13(22)9-14/h2-10,24,30H,1H3,(H,25,28). The summed E-state index contributed by atoms with van der Waals surface area (Å²) >= 11 is 16.3. The number of thiol groups is 1. The smallest absolute Gasteiger partial charge is 0.336 e. The van der Waals surface area contributed by atoms with Gasteiger partial charge in [0.1, 0.15) is 11.3 Å². The van der Waals surface area contributed by atoms with E-state index in [2.05, 4.69) is 33.3 Å². The van der Waals surface area contributed by atoms with Crippen molar-refractivity contribution in [3.8, 4) is 17.0 Å². The average molecular weight is 460 g/mol. The molecule has 2 aromatic carbocycles. The van der Waals surface area contributed by atoms with Crippen LogP contribution < -0.4 is 14.4 Å². The van der Waals surface area contributed by atoms with Gasteiger partial charge in [0.25, 0.3) is 0 Å². The number of methoxy groups -OCH3 is 1. The van der Waals surface area contributed by atoms with E-state index in [9.17, 15) is 4.79 Å². The number of amides is 2. The largest absolute Gasteiger partial charge is 0.495 e. The monoisotopic (exact) mass is 459 g/mol. The number of carbonyl (C=O) groups is 1. The highest BCUT2D eigenvalue weighted by Crippen LogP contribution is 2.33. The summed E-state index contributed by atoms with van der Waals surface area (Å²) in [6.07, 6.45) is 1.62. The Morgan fingerprint density at radius 1 is 1.13 bits per heavy atom. The molecule has 0 saturated carbocycles. The highest BCUT2D eigenvalue weighted by molar-refractivity contribution is 7.82. The molecule has 10 heteroatoms. The van der Waals surface area contributed by atoms with Gasteiger partial charge in [0.15, 0.2) is 0 Å². The lowest BCUT2D eigenvalue weighted by Crippen LogP contribution is -2.27. The number of ether oxygens (including phenoxy) is 1. The van der Waals surface area contributed by atoms with Crippen molar-refractivity contribution >= 4 is 64.5 Å². The molecular formula is C20H15Cl2N5O2S. The fraction of sp³-hybridized carbons (Fsp3) is 0.0500. The van der Waals surface area contributed by atoms with E-state index in [4.69, 9.17) is 27.9 Å². The van der Waals surface area contributed by atoms with Crippen molar-refractivity contribution in [2.75, 3.05) is 16.7 Å². The van der Waals surface area contributed by atoms with Crippen LogP contribution in [0.4, 0.5) is 16.2 Å². The van der Waals surface area contributed by atoms with Gasteiger partial charge in [-0.05, 0) is 48.5 Å². The maximum atomic E-state index is 12.8. The van der Waals surface area contributed by atoms with Gasteiger partial charge in [-0.15, -0.1) is 5.10 Å². The Labute approximate surface area is 187 Å². The number of hydrogen-bond acceptors (Lipinski definition) is 5. The molecule has 0 aliphatic heterocycles. The van der Waals surface area contributed by atoms with Crippen molar-refractivity contribution < 1.29 is 9.53 Å². The molecule has 0 aliphatic rings. The van der Waals surface area contributed by atoms with Crippen LogP contribution in [0, 0.1) is 0 Å². The van der Waals surface area contributed by atoms with Crippen LogP contribution in [0.5, 0.6) is 5.75 Å². The minimum atomic E-state index is -0.505. The number of benzene rings is 2. The number of H-pyrrole nitrogens is 1. The summed E-state index contributed by atoms with van der Waals surface area (Å²) in [5, 5.41) is 11.6. The van der Waals surface area contributed by atoms with Crippen LogP contribution in [0.15, 0.2) is 54.7 Å². The van der Waals surface area contributed by atoms with Crippen LogP contribution in [0.1, 0.15) is 0 Å². The van der Waals surface area contributed by atoms with Crippen molar-refractivity contribution in [1.29, 1.82) is 0 Å². The number of aromatic nitrogens is 3. The lowest BCUT2D eigenvalue weighted by Gasteiger charge is -2.18. The van der Waals surface area contributed by atoms with E-state index >= 15 is 0 Å². The minimum absolute atomic E-state index is 0.394. The summed E-state index contributed by atoms with van der Waals surface area (Å²) in [7, 11) is 1.53. The van der Waals surface area contributed by atoms with Crippen LogP contribution in [-0.4, -0.2) is 28.3 Å². The second kappa shape index (κ2) is 8.43. The molecule has 0 aliphatic carbocycles. The number of halogens is 2. The first kappa shape index (κ1) is 20.3. The lowest BCUT2D eigenvalue weighted by atomic mass is 10.1. The Balaban J connectivity index is 1.64. The molecule has 0 atom stereocenters. The van der Waals surface area contributed by atoms with Crippen LogP contribution in [0.3, 0.4) is 0 Å². The van der Waals surface area contributed by atoms with Crippen LogP contribution in [0.2, 0.25) is 10.0 Å². The maximum Gasteiger partial charge on any atom is 0.336 e. The normalized spacial score (nSPS) is 10.8. The maximum absolute atomic E-state index is 12.8. The number of hydrogen-bond donors (Lipinski definition) is 3. The lowest BCUT2D eigenvalue weighted by molar-refractivity contribution is 0.260. The summed E-state index contributed by atoms with van der Waals surface area (Å²) in [6, 6.07) is 13.4. The zero-order chi connectivity index (χ0) is 21.3. The van der Waals surface area contributed by atoms with Gasteiger partial charge >= 0.3 is 6.03 Å². The van der Waals surface area contributed by atoms with Gasteiger partial charge in [0, 0.05) is 21.3 Å². The molecule has 2 heterocycles. The third-order valence-corrected chi connectivity index (χ3v) is 5.19. The Morgan fingerprint density at radius 3 is 2.60 bits per heavy atom. The van der Waals surface area contributed by atoms with Crippen molar-refractivity contribution in [2.24, 2.45) is 0 Å². The van der Waals surface area contributed by atoms with E-state index in [-0.39, 0.29) is 0 Å². The summed E-state index contributed by atoms with van der Waals surface area (Å²) in [6.45, 7) is 0. The highest BCUT2D eigenvalue weighted by Gasteiger charge is 2.17. The van der Waals surface area contributed by atoms with E-state index in [0.29, 0.717) is 27.2 Å². The topological polar surface area (TPSA) is 83.1 Å². The number of anilines is 2. The van der Waals surface area contributed by atoms with Gasteiger partial charge in [-0.2, -0.15) is 5.10 Å². The molecule has 2 aromatic heterocycles. The van der Waals surface area contributed by atoms with Crippen molar-refractivity contribution in [3.05, 3.63) is 64.8 Å². The molecule has 4 rings (SSSR count). The molecule has 0 bridgehead atoms. The van der Waals surface area contributed by atoms with E-state index in [1.165, 1.54) is 7.11 Å². The van der Waals surface area contributed by atoms with Gasteiger partial charge in [-0.1, -0.05) is 36.0 Å². The van der Waals surface area contributed by atoms with Gasteiger partial charge in [0.05, 0.1) is 30.2 Å². The molecule has 0 saturated heterocycles. The Hall–Kier alpha value is -2.94. The van der Waals surface area contributed by atoms with Crippen molar-refractivity contribution in [1.82, 2.24) is 15.2 Å². The molecule has 2 N–H and O–H groups in total. The summed E-state index contributed by atoms with van der Waals surface area (Å²) in [5.41, 5.74) is 4.16. The van der Waals surface area contributed by atoms with Crippen LogP contribution >= 0.6 is 36.0 Å². The van der Waals surface area contributed by atoms with Crippen LogP contribution in [0.25, 0.3) is 22.3 Å². The molecular weight excluding hydrogens is 445 g/mol. The molecule has 152 valence electrons.